The fraction of sp³-hybridized carbons (Fsp3) is 0.500. The third kappa shape index (κ3) is 3.55. The van der Waals surface area contributed by atoms with Crippen molar-refractivity contribution in [2.75, 3.05) is 45.2 Å². The summed E-state index contributed by atoms with van der Waals surface area (Å²) in [6, 6.07) is 1.01. The Kier molecular flexibility index (Phi) is 5.78. The molecule has 1 saturated heterocycles. The summed E-state index contributed by atoms with van der Waals surface area (Å²) in [6.07, 6.45) is 2.31. The van der Waals surface area contributed by atoms with Crippen LogP contribution >= 0.6 is 12.4 Å². The smallest absolute Gasteiger partial charge is 0.341 e. The molecule has 0 radical (unpaired) electrons. The first-order chi connectivity index (χ1) is 13.3. The molecule has 2 aliphatic rings. The number of aromatic nitrogens is 1. The van der Waals surface area contributed by atoms with Gasteiger partial charge in [-0.1, -0.05) is 0 Å². The Bertz CT molecular complexity index is 1020. The number of anilines is 1. The normalized spacial score (nSPS) is 20.7. The van der Waals surface area contributed by atoms with Gasteiger partial charge in [-0.25, -0.2) is 9.18 Å². The van der Waals surface area contributed by atoms with E-state index in [0.717, 1.165) is 13.0 Å². The van der Waals surface area contributed by atoms with E-state index >= 15 is 4.39 Å². The molecule has 2 atom stereocenters. The van der Waals surface area contributed by atoms with E-state index in [0.29, 0.717) is 36.0 Å². The molecule has 2 aromatic rings. The van der Waals surface area contributed by atoms with Crippen molar-refractivity contribution in [1.29, 1.82) is 0 Å². The number of carboxylic acids is 1. The first-order valence-electron chi connectivity index (χ1n) is 9.45. The van der Waals surface area contributed by atoms with Crippen LogP contribution in [0.5, 0.6) is 5.75 Å². The van der Waals surface area contributed by atoms with Crippen LogP contribution in [0.3, 0.4) is 0 Å². The van der Waals surface area contributed by atoms with Crippen molar-refractivity contribution >= 4 is 35.0 Å². The molecule has 0 spiro atoms. The van der Waals surface area contributed by atoms with E-state index in [1.807, 2.05) is 25.9 Å². The molecule has 0 amide bonds. The Labute approximate surface area is 174 Å². The van der Waals surface area contributed by atoms with Gasteiger partial charge in [-0.2, -0.15) is 0 Å². The second-order valence-electron chi connectivity index (χ2n) is 8.04. The minimum absolute atomic E-state index is 0. The van der Waals surface area contributed by atoms with Gasteiger partial charge in [0, 0.05) is 25.8 Å². The van der Waals surface area contributed by atoms with Crippen molar-refractivity contribution in [3.05, 3.63) is 33.9 Å². The van der Waals surface area contributed by atoms with E-state index in [9.17, 15) is 14.7 Å². The molecule has 0 aliphatic carbocycles. The summed E-state index contributed by atoms with van der Waals surface area (Å²) >= 11 is 0. The maximum Gasteiger partial charge on any atom is 0.341 e. The van der Waals surface area contributed by atoms with Gasteiger partial charge in [-0.3, -0.25) is 4.79 Å². The molecule has 1 N–H and O–H groups in total. The first kappa shape index (κ1) is 21.4. The highest BCUT2D eigenvalue weighted by atomic mass is 35.5. The summed E-state index contributed by atoms with van der Waals surface area (Å²) < 4.78 is 22.8. The highest BCUT2D eigenvalue weighted by Crippen LogP contribution is 2.43. The monoisotopic (exact) mass is 425 g/mol. The molecular weight excluding hydrogens is 401 g/mol. The molecule has 4 rings (SSSR count). The van der Waals surface area contributed by atoms with Crippen LogP contribution < -0.4 is 15.1 Å². The van der Waals surface area contributed by atoms with E-state index in [1.54, 1.807) is 4.57 Å². The second-order valence-corrected chi connectivity index (χ2v) is 8.04. The number of pyridine rings is 1. The highest BCUT2D eigenvalue weighted by molar-refractivity contribution is 5.97. The largest absolute Gasteiger partial charge is 0.487 e. The fourth-order valence-electron chi connectivity index (χ4n) is 4.36. The van der Waals surface area contributed by atoms with Gasteiger partial charge in [-0.15, -0.1) is 12.4 Å². The Morgan fingerprint density at radius 2 is 2.14 bits per heavy atom. The fourth-order valence-corrected chi connectivity index (χ4v) is 4.36. The Morgan fingerprint density at radius 3 is 2.79 bits per heavy atom. The quantitative estimate of drug-likeness (QED) is 0.811. The van der Waals surface area contributed by atoms with Gasteiger partial charge in [0.2, 0.25) is 5.43 Å². The molecule has 0 bridgehead atoms. The molecule has 9 heteroatoms. The number of aromatic carboxylic acids is 1. The molecule has 3 heterocycles. The van der Waals surface area contributed by atoms with Gasteiger partial charge in [0.1, 0.15) is 17.9 Å². The molecule has 158 valence electrons. The zero-order valence-corrected chi connectivity index (χ0v) is 17.5. The molecule has 1 fully saturated rings. The third-order valence-corrected chi connectivity index (χ3v) is 5.60. The van der Waals surface area contributed by atoms with E-state index in [4.69, 9.17) is 4.74 Å². The number of rotatable bonds is 4. The summed E-state index contributed by atoms with van der Waals surface area (Å²) in [5.41, 5.74) is -0.195. The minimum Gasteiger partial charge on any atom is -0.487 e. The zero-order valence-electron chi connectivity index (χ0n) is 16.6. The molecule has 0 saturated carbocycles. The Morgan fingerprint density at radius 1 is 1.41 bits per heavy atom. The molecule has 7 nitrogen and oxygen atoms in total. The van der Waals surface area contributed by atoms with Crippen LogP contribution in [0, 0.1) is 11.7 Å². The lowest BCUT2D eigenvalue weighted by Gasteiger charge is -2.31. The van der Waals surface area contributed by atoms with Crippen LogP contribution in [0.1, 0.15) is 29.7 Å². The lowest BCUT2D eigenvalue weighted by atomic mass is 10.1. The molecule has 29 heavy (non-hydrogen) atoms. The molecule has 2 aliphatic heterocycles. The number of carbonyl (C=O) groups is 1. The Hall–Kier alpha value is -2.32. The van der Waals surface area contributed by atoms with Crippen LogP contribution in [0.15, 0.2) is 17.1 Å². The van der Waals surface area contributed by atoms with Gasteiger partial charge in [0.25, 0.3) is 0 Å². The standard InChI is InChI=1S/C20H24FN3O4.ClH/c1-11-10-28-19-16-13(18(25)14(20(26)27)9-24(11)16)6-15(21)17(19)23-5-4-12(8-23)7-22(2)3;/h6,9,11-12H,4-5,7-8,10H2,1-3H3,(H,26,27);1H. The summed E-state index contributed by atoms with van der Waals surface area (Å²) in [4.78, 5) is 28.2. The van der Waals surface area contributed by atoms with Crippen LogP contribution in [-0.2, 0) is 0 Å². The average Bonchev–Trinajstić information content (AvgIpc) is 3.06. The van der Waals surface area contributed by atoms with E-state index in [-0.39, 0.29) is 36.0 Å². The van der Waals surface area contributed by atoms with Gasteiger partial charge in [-0.05, 0) is 39.4 Å². The zero-order chi connectivity index (χ0) is 20.2. The van der Waals surface area contributed by atoms with Gasteiger partial charge < -0.3 is 24.2 Å². The summed E-state index contributed by atoms with van der Waals surface area (Å²) in [6.45, 7) is 4.51. The topological polar surface area (TPSA) is 75.0 Å². The lowest BCUT2D eigenvalue weighted by Crippen LogP contribution is -2.30. The van der Waals surface area contributed by atoms with E-state index in [1.165, 1.54) is 12.3 Å². The predicted octanol–water partition coefficient (Wildman–Crippen LogP) is 2.60. The van der Waals surface area contributed by atoms with Crippen molar-refractivity contribution in [3.63, 3.8) is 0 Å². The highest BCUT2D eigenvalue weighted by Gasteiger charge is 2.33. The van der Waals surface area contributed by atoms with Crippen molar-refractivity contribution in [3.8, 4) is 5.75 Å². The number of benzene rings is 1. The molecule has 1 aromatic carbocycles. The lowest BCUT2D eigenvalue weighted by molar-refractivity contribution is 0.0694. The summed E-state index contributed by atoms with van der Waals surface area (Å²) in [5.74, 6) is -1.09. The van der Waals surface area contributed by atoms with Gasteiger partial charge >= 0.3 is 5.97 Å². The Balaban J connectivity index is 0.00000240. The number of carboxylic acid groups (broad SMARTS) is 1. The van der Waals surface area contributed by atoms with Crippen molar-refractivity contribution in [2.45, 2.75) is 19.4 Å². The number of hydrogen-bond donors (Lipinski definition) is 1. The number of ether oxygens (including phenoxy) is 1. The first-order valence-corrected chi connectivity index (χ1v) is 9.45. The maximum atomic E-state index is 15.1. The number of halogens is 2. The van der Waals surface area contributed by atoms with Crippen LogP contribution in [0.25, 0.3) is 10.9 Å². The summed E-state index contributed by atoms with van der Waals surface area (Å²) in [5, 5.41) is 9.41. The van der Waals surface area contributed by atoms with Gasteiger partial charge in [0.15, 0.2) is 11.6 Å². The minimum atomic E-state index is -1.31. The average molecular weight is 426 g/mol. The maximum absolute atomic E-state index is 15.1. The van der Waals surface area contributed by atoms with E-state index < -0.39 is 17.2 Å². The predicted molar refractivity (Wildman–Crippen MR) is 111 cm³/mol. The molecule has 2 unspecified atom stereocenters. The van der Waals surface area contributed by atoms with Crippen molar-refractivity contribution in [2.24, 2.45) is 5.92 Å². The third-order valence-electron chi connectivity index (χ3n) is 5.60. The second kappa shape index (κ2) is 7.84. The SMILES string of the molecule is CC1COc2c(N3CCC(CN(C)C)C3)c(F)cc3c(=O)c(C(=O)O)cn1c23.Cl. The van der Waals surface area contributed by atoms with Crippen molar-refractivity contribution in [1.82, 2.24) is 9.47 Å². The van der Waals surface area contributed by atoms with Crippen LogP contribution in [0.2, 0.25) is 0 Å². The number of nitrogens with zero attached hydrogens (tertiary/aromatic N) is 3. The summed E-state index contributed by atoms with van der Waals surface area (Å²) in [7, 11) is 4.04. The van der Waals surface area contributed by atoms with Crippen molar-refractivity contribution < 1.29 is 19.0 Å². The van der Waals surface area contributed by atoms with Crippen LogP contribution in [0.4, 0.5) is 10.1 Å². The molecule has 1 aromatic heterocycles. The molecular formula is C20H25ClFN3O4. The van der Waals surface area contributed by atoms with E-state index in [2.05, 4.69) is 4.90 Å². The van der Waals surface area contributed by atoms with Crippen LogP contribution in [-0.4, -0.2) is 60.9 Å². The number of hydrogen-bond acceptors (Lipinski definition) is 5. The van der Waals surface area contributed by atoms with Gasteiger partial charge in [0.05, 0.1) is 16.9 Å².